The number of rotatable bonds is 3. The van der Waals surface area contributed by atoms with Crippen molar-refractivity contribution < 1.29 is 9.90 Å². The Bertz CT molecular complexity index is 202. The Hall–Kier alpha value is -0.570. The van der Waals surface area contributed by atoms with Crippen LogP contribution in [-0.4, -0.2) is 22.7 Å². The average Bonchev–Trinajstić information content (AvgIpc) is 1.78. The van der Waals surface area contributed by atoms with Gasteiger partial charge in [-0.3, -0.25) is 4.79 Å². The maximum atomic E-state index is 11.3. The molecule has 0 bridgehead atoms. The zero-order valence-electron chi connectivity index (χ0n) is 10.1. The van der Waals surface area contributed by atoms with Crippen molar-refractivity contribution in [2.24, 2.45) is 5.41 Å². The van der Waals surface area contributed by atoms with Crippen molar-refractivity contribution in [1.29, 1.82) is 0 Å². The van der Waals surface area contributed by atoms with E-state index in [0.29, 0.717) is 0 Å². The summed E-state index contributed by atoms with van der Waals surface area (Å²) in [6.45, 7) is 11.8. The Labute approximate surface area is 86.9 Å². The van der Waals surface area contributed by atoms with Crippen LogP contribution in [0, 0.1) is 5.41 Å². The van der Waals surface area contributed by atoms with Crippen molar-refractivity contribution in [2.75, 3.05) is 0 Å². The maximum Gasteiger partial charge on any atom is 0.248 e. The molecule has 0 saturated carbocycles. The number of carbonyl (C=O) groups excluding carboxylic acids is 1. The molecular weight excluding hydrogens is 178 g/mol. The SMILES string of the molecule is C[C@@H](O)C(=O)NC(C)(C)CC(C)(C)C. The minimum Gasteiger partial charge on any atom is -0.384 e. The van der Waals surface area contributed by atoms with Crippen LogP contribution in [-0.2, 0) is 4.79 Å². The Morgan fingerprint density at radius 2 is 1.71 bits per heavy atom. The van der Waals surface area contributed by atoms with Crippen LogP contribution in [0.15, 0.2) is 0 Å². The molecule has 0 aromatic rings. The normalized spacial score (nSPS) is 15.1. The van der Waals surface area contributed by atoms with Gasteiger partial charge in [-0.2, -0.15) is 0 Å². The summed E-state index contributed by atoms with van der Waals surface area (Å²) in [4.78, 5) is 11.3. The third-order valence-electron chi connectivity index (χ3n) is 1.81. The van der Waals surface area contributed by atoms with Gasteiger partial charge in [-0.15, -0.1) is 0 Å². The van der Waals surface area contributed by atoms with Crippen molar-refractivity contribution in [3.63, 3.8) is 0 Å². The molecule has 0 heterocycles. The van der Waals surface area contributed by atoms with E-state index in [9.17, 15) is 4.79 Å². The van der Waals surface area contributed by atoms with Gasteiger partial charge in [-0.25, -0.2) is 0 Å². The first-order chi connectivity index (χ1) is 6.03. The Morgan fingerprint density at radius 3 is 2.00 bits per heavy atom. The molecule has 0 aliphatic heterocycles. The third kappa shape index (κ3) is 5.97. The van der Waals surface area contributed by atoms with E-state index in [4.69, 9.17) is 5.11 Å². The van der Waals surface area contributed by atoms with Crippen molar-refractivity contribution in [3.05, 3.63) is 0 Å². The van der Waals surface area contributed by atoms with E-state index in [-0.39, 0.29) is 16.9 Å². The Morgan fingerprint density at radius 1 is 1.29 bits per heavy atom. The highest BCUT2D eigenvalue weighted by Gasteiger charge is 2.27. The molecule has 0 aromatic carbocycles. The van der Waals surface area contributed by atoms with Crippen molar-refractivity contribution in [1.82, 2.24) is 5.32 Å². The summed E-state index contributed by atoms with van der Waals surface area (Å²) in [5.41, 5.74) is -0.109. The molecule has 0 aliphatic carbocycles. The largest absolute Gasteiger partial charge is 0.384 e. The molecule has 0 unspecified atom stereocenters. The molecule has 0 saturated heterocycles. The zero-order chi connectivity index (χ0) is 11.6. The monoisotopic (exact) mass is 201 g/mol. The van der Waals surface area contributed by atoms with Gasteiger partial charge in [0.2, 0.25) is 5.91 Å². The van der Waals surface area contributed by atoms with Gasteiger partial charge in [-0.05, 0) is 32.6 Å². The van der Waals surface area contributed by atoms with Crippen LogP contribution in [0.3, 0.4) is 0 Å². The van der Waals surface area contributed by atoms with E-state index in [1.807, 2.05) is 13.8 Å². The summed E-state index contributed by atoms with van der Waals surface area (Å²) < 4.78 is 0. The van der Waals surface area contributed by atoms with Gasteiger partial charge in [0.15, 0.2) is 0 Å². The predicted octanol–water partition coefficient (Wildman–Crippen LogP) is 1.70. The second kappa shape index (κ2) is 4.30. The maximum absolute atomic E-state index is 11.3. The molecule has 1 amide bonds. The number of hydrogen-bond acceptors (Lipinski definition) is 2. The lowest BCUT2D eigenvalue weighted by atomic mass is 9.82. The van der Waals surface area contributed by atoms with Crippen LogP contribution in [0.5, 0.6) is 0 Å². The fourth-order valence-corrected chi connectivity index (χ4v) is 1.81. The second-order valence-electron chi connectivity index (χ2n) is 5.79. The summed E-state index contributed by atoms with van der Waals surface area (Å²) in [5, 5.41) is 11.9. The van der Waals surface area contributed by atoms with Crippen molar-refractivity contribution in [3.8, 4) is 0 Å². The molecule has 0 rings (SSSR count). The molecule has 84 valence electrons. The minimum atomic E-state index is -0.936. The van der Waals surface area contributed by atoms with E-state index in [1.54, 1.807) is 0 Å². The van der Waals surface area contributed by atoms with Crippen LogP contribution < -0.4 is 5.32 Å². The van der Waals surface area contributed by atoms with E-state index >= 15 is 0 Å². The number of aliphatic hydroxyl groups excluding tert-OH is 1. The molecule has 0 aromatic heterocycles. The van der Waals surface area contributed by atoms with Gasteiger partial charge in [0.1, 0.15) is 6.10 Å². The van der Waals surface area contributed by atoms with Crippen LogP contribution in [0.1, 0.15) is 48.0 Å². The van der Waals surface area contributed by atoms with E-state index < -0.39 is 6.10 Å². The first-order valence-electron chi connectivity index (χ1n) is 5.04. The number of amides is 1. The lowest BCUT2D eigenvalue weighted by Gasteiger charge is -2.33. The summed E-state index contributed by atoms with van der Waals surface area (Å²) >= 11 is 0. The van der Waals surface area contributed by atoms with E-state index in [2.05, 4.69) is 26.1 Å². The van der Waals surface area contributed by atoms with Gasteiger partial charge in [0, 0.05) is 5.54 Å². The molecule has 0 spiro atoms. The first-order valence-corrected chi connectivity index (χ1v) is 5.04. The number of aliphatic hydroxyl groups is 1. The molecule has 1 atom stereocenters. The van der Waals surface area contributed by atoms with Crippen molar-refractivity contribution in [2.45, 2.75) is 59.6 Å². The Balaban J connectivity index is 4.28. The lowest BCUT2D eigenvalue weighted by Crippen LogP contribution is -2.48. The van der Waals surface area contributed by atoms with E-state index in [0.717, 1.165) is 6.42 Å². The molecule has 0 fully saturated rings. The number of hydrogen-bond donors (Lipinski definition) is 2. The van der Waals surface area contributed by atoms with Crippen LogP contribution in [0.4, 0.5) is 0 Å². The van der Waals surface area contributed by atoms with Crippen LogP contribution in [0.2, 0.25) is 0 Å². The molecule has 0 radical (unpaired) electrons. The molecule has 2 N–H and O–H groups in total. The smallest absolute Gasteiger partial charge is 0.248 e. The second-order valence-corrected chi connectivity index (χ2v) is 5.79. The summed E-state index contributed by atoms with van der Waals surface area (Å²) in [7, 11) is 0. The minimum absolute atomic E-state index is 0.162. The zero-order valence-corrected chi connectivity index (χ0v) is 10.1. The van der Waals surface area contributed by atoms with Crippen LogP contribution >= 0.6 is 0 Å². The predicted molar refractivity (Wildman–Crippen MR) is 58.0 cm³/mol. The fraction of sp³-hybridized carbons (Fsp3) is 0.909. The van der Waals surface area contributed by atoms with Crippen molar-refractivity contribution >= 4 is 5.91 Å². The Kier molecular flexibility index (Phi) is 4.13. The average molecular weight is 201 g/mol. The topological polar surface area (TPSA) is 49.3 Å². The number of carbonyl (C=O) groups is 1. The highest BCUT2D eigenvalue weighted by atomic mass is 16.3. The standard InChI is InChI=1S/C11H23NO2/c1-8(13)9(14)12-11(5,6)7-10(2,3)4/h8,13H,7H2,1-6H3,(H,12,14)/t8-/m1/s1. The molecule has 3 nitrogen and oxygen atoms in total. The summed E-state index contributed by atoms with van der Waals surface area (Å²) in [6, 6.07) is 0. The molecule has 3 heteroatoms. The highest BCUT2D eigenvalue weighted by molar-refractivity contribution is 5.80. The van der Waals surface area contributed by atoms with Gasteiger partial charge < -0.3 is 10.4 Å². The quantitative estimate of drug-likeness (QED) is 0.730. The molecule has 0 aliphatic rings. The molecule has 14 heavy (non-hydrogen) atoms. The van der Waals surface area contributed by atoms with E-state index in [1.165, 1.54) is 6.92 Å². The van der Waals surface area contributed by atoms with Gasteiger partial charge in [-0.1, -0.05) is 20.8 Å². The summed E-state index contributed by atoms with van der Waals surface area (Å²) in [6.07, 6.45) is -0.0624. The van der Waals surface area contributed by atoms with Gasteiger partial charge in [0.25, 0.3) is 0 Å². The third-order valence-corrected chi connectivity index (χ3v) is 1.81. The number of nitrogens with one attached hydrogen (secondary N) is 1. The fourth-order valence-electron chi connectivity index (χ4n) is 1.81. The van der Waals surface area contributed by atoms with Gasteiger partial charge in [0.05, 0.1) is 0 Å². The van der Waals surface area contributed by atoms with Crippen LogP contribution in [0.25, 0.3) is 0 Å². The summed E-state index contributed by atoms with van der Waals surface area (Å²) in [5.74, 6) is -0.306. The first kappa shape index (κ1) is 13.4. The lowest BCUT2D eigenvalue weighted by molar-refractivity contribution is -0.130. The van der Waals surface area contributed by atoms with Gasteiger partial charge >= 0.3 is 0 Å². The molecular formula is C11H23NO2. The highest BCUT2D eigenvalue weighted by Crippen LogP contribution is 2.26.